The van der Waals surface area contributed by atoms with E-state index in [9.17, 15) is 4.79 Å². The third-order valence-corrected chi connectivity index (χ3v) is 4.85. The Morgan fingerprint density at radius 2 is 1.82 bits per heavy atom. The third kappa shape index (κ3) is 4.51. The van der Waals surface area contributed by atoms with Crippen LogP contribution in [-0.4, -0.2) is 25.1 Å². The van der Waals surface area contributed by atoms with E-state index in [1.54, 1.807) is 14.2 Å². The van der Waals surface area contributed by atoms with Gasteiger partial charge in [-0.1, -0.05) is 34.1 Å². The van der Waals surface area contributed by atoms with Crippen LogP contribution in [0.2, 0.25) is 0 Å². The summed E-state index contributed by atoms with van der Waals surface area (Å²) >= 11 is 3.47. The van der Waals surface area contributed by atoms with Crippen molar-refractivity contribution in [1.29, 1.82) is 0 Å². The monoisotopic (exact) mass is 440 g/mol. The van der Waals surface area contributed by atoms with E-state index in [0.29, 0.717) is 29.3 Å². The summed E-state index contributed by atoms with van der Waals surface area (Å²) < 4.78 is 11.5. The number of carbonyl (C=O) groups is 1. The molecule has 0 aliphatic carbocycles. The molecule has 0 radical (unpaired) electrons. The van der Waals surface area contributed by atoms with Gasteiger partial charge in [-0.05, 0) is 48.9 Å². The summed E-state index contributed by atoms with van der Waals surface area (Å²) in [5.41, 5.74) is 3.98. The Balaban J connectivity index is 1.73. The molecular weight excluding hydrogens is 420 g/mol. The van der Waals surface area contributed by atoms with Gasteiger partial charge in [0.25, 0.3) is 5.91 Å². The summed E-state index contributed by atoms with van der Waals surface area (Å²) in [4.78, 5) is 17.2. The maximum atomic E-state index is 12.6. The molecule has 6 heteroatoms. The van der Waals surface area contributed by atoms with Gasteiger partial charge in [-0.25, -0.2) is 0 Å². The molecule has 0 aliphatic heterocycles. The van der Waals surface area contributed by atoms with Crippen LogP contribution in [-0.2, 0) is 6.54 Å². The number of hydrogen-bond donors (Lipinski definition) is 1. The zero-order chi connectivity index (χ0) is 20.1. The topological polar surface area (TPSA) is 60.5 Å². The van der Waals surface area contributed by atoms with Crippen LogP contribution in [0.4, 0.5) is 0 Å². The third-order valence-electron chi connectivity index (χ3n) is 4.35. The fourth-order valence-electron chi connectivity index (χ4n) is 2.88. The van der Waals surface area contributed by atoms with Crippen LogP contribution in [0.5, 0.6) is 11.5 Å². The molecule has 0 unspecified atom stereocenters. The number of halogens is 1. The number of nitrogens with zero attached hydrogens (tertiary/aromatic N) is 1. The minimum absolute atomic E-state index is 0.166. The van der Waals surface area contributed by atoms with E-state index in [0.717, 1.165) is 21.3 Å². The molecule has 0 fully saturated rings. The van der Waals surface area contributed by atoms with E-state index in [1.165, 1.54) is 0 Å². The summed E-state index contributed by atoms with van der Waals surface area (Å²) in [7, 11) is 3.18. The number of pyridine rings is 1. The zero-order valence-corrected chi connectivity index (χ0v) is 17.5. The quantitative estimate of drug-likeness (QED) is 0.599. The smallest absolute Gasteiger partial charge is 0.253 e. The second kappa shape index (κ2) is 8.89. The number of methoxy groups -OCH3 is 2. The molecule has 0 saturated heterocycles. The molecule has 144 valence electrons. The molecule has 0 bridgehead atoms. The number of nitrogens with one attached hydrogen (secondary N) is 1. The lowest BCUT2D eigenvalue weighted by Gasteiger charge is -2.11. The molecule has 2 aromatic carbocycles. The van der Waals surface area contributed by atoms with Crippen molar-refractivity contribution in [3.8, 4) is 22.8 Å². The zero-order valence-electron chi connectivity index (χ0n) is 16.0. The Labute approximate surface area is 172 Å². The van der Waals surface area contributed by atoms with Crippen molar-refractivity contribution in [1.82, 2.24) is 10.3 Å². The molecule has 1 aromatic heterocycles. The van der Waals surface area contributed by atoms with Crippen LogP contribution in [0.25, 0.3) is 11.3 Å². The Hall–Kier alpha value is -2.86. The summed E-state index contributed by atoms with van der Waals surface area (Å²) in [5.74, 6) is 1.12. The van der Waals surface area contributed by atoms with Crippen molar-refractivity contribution < 1.29 is 14.3 Å². The molecule has 1 amide bonds. The van der Waals surface area contributed by atoms with E-state index in [1.807, 2.05) is 61.5 Å². The minimum atomic E-state index is -0.166. The molecule has 5 nitrogen and oxygen atoms in total. The molecule has 3 rings (SSSR count). The Morgan fingerprint density at radius 1 is 1.04 bits per heavy atom. The van der Waals surface area contributed by atoms with E-state index in [4.69, 9.17) is 9.47 Å². The molecule has 0 atom stereocenters. The minimum Gasteiger partial charge on any atom is -0.493 e. The van der Waals surface area contributed by atoms with Gasteiger partial charge in [0.15, 0.2) is 11.5 Å². The lowest BCUT2D eigenvalue weighted by molar-refractivity contribution is 0.0950. The highest BCUT2D eigenvalue weighted by atomic mass is 79.9. The summed E-state index contributed by atoms with van der Waals surface area (Å²) in [6.45, 7) is 2.22. The highest BCUT2D eigenvalue weighted by Gasteiger charge is 2.12. The van der Waals surface area contributed by atoms with Gasteiger partial charge >= 0.3 is 0 Å². The highest BCUT2D eigenvalue weighted by Crippen LogP contribution is 2.27. The van der Waals surface area contributed by atoms with Gasteiger partial charge in [-0.15, -0.1) is 0 Å². The largest absolute Gasteiger partial charge is 0.493 e. The molecule has 0 saturated carbocycles. The predicted molar refractivity (Wildman–Crippen MR) is 113 cm³/mol. The highest BCUT2D eigenvalue weighted by molar-refractivity contribution is 9.10. The van der Waals surface area contributed by atoms with Gasteiger partial charge < -0.3 is 14.8 Å². The number of rotatable bonds is 6. The number of carbonyl (C=O) groups excluding carboxylic acids is 1. The normalized spacial score (nSPS) is 10.4. The SMILES string of the molecule is COc1ccc(CNC(=O)c2ccc(-c3cccc(Br)c3)nc2C)cc1OC. The Bertz CT molecular complexity index is 1000. The number of amides is 1. The van der Waals surface area contributed by atoms with Crippen molar-refractivity contribution in [3.63, 3.8) is 0 Å². The average molecular weight is 441 g/mol. The van der Waals surface area contributed by atoms with Crippen molar-refractivity contribution in [2.24, 2.45) is 0 Å². The first-order valence-electron chi connectivity index (χ1n) is 8.74. The first-order chi connectivity index (χ1) is 13.5. The second-order valence-corrected chi connectivity index (χ2v) is 7.13. The van der Waals surface area contributed by atoms with E-state index >= 15 is 0 Å². The van der Waals surface area contributed by atoms with Crippen LogP contribution in [0.3, 0.4) is 0 Å². The summed E-state index contributed by atoms with van der Waals surface area (Å²) in [6, 6.07) is 17.1. The second-order valence-electron chi connectivity index (χ2n) is 6.21. The van der Waals surface area contributed by atoms with Crippen LogP contribution in [0.1, 0.15) is 21.6 Å². The molecule has 1 N–H and O–H groups in total. The first kappa shape index (κ1) is 19.9. The Morgan fingerprint density at radius 3 is 2.50 bits per heavy atom. The molecule has 1 heterocycles. The summed E-state index contributed by atoms with van der Waals surface area (Å²) in [6.07, 6.45) is 0. The maximum Gasteiger partial charge on any atom is 0.253 e. The van der Waals surface area contributed by atoms with Crippen LogP contribution < -0.4 is 14.8 Å². The van der Waals surface area contributed by atoms with E-state index < -0.39 is 0 Å². The molecule has 0 spiro atoms. The fourth-order valence-corrected chi connectivity index (χ4v) is 3.28. The number of ether oxygens (including phenoxy) is 2. The van der Waals surface area contributed by atoms with E-state index in [-0.39, 0.29) is 5.91 Å². The van der Waals surface area contributed by atoms with Crippen LogP contribution in [0, 0.1) is 6.92 Å². The average Bonchev–Trinajstić information content (AvgIpc) is 2.71. The lowest BCUT2D eigenvalue weighted by atomic mass is 10.1. The molecular formula is C22H21BrN2O3. The van der Waals surface area contributed by atoms with Crippen molar-refractivity contribution in [2.75, 3.05) is 14.2 Å². The van der Waals surface area contributed by atoms with Gasteiger partial charge in [0, 0.05) is 16.6 Å². The number of aromatic nitrogens is 1. The van der Waals surface area contributed by atoms with Crippen molar-refractivity contribution in [2.45, 2.75) is 13.5 Å². The number of hydrogen-bond acceptors (Lipinski definition) is 4. The van der Waals surface area contributed by atoms with Gasteiger partial charge in [-0.2, -0.15) is 0 Å². The van der Waals surface area contributed by atoms with Gasteiger partial charge in [-0.3, -0.25) is 9.78 Å². The maximum absolute atomic E-state index is 12.6. The standard InChI is InChI=1S/C22H21BrN2O3/c1-14-18(8-9-19(25-14)16-5-4-6-17(23)12-16)22(26)24-13-15-7-10-20(27-2)21(11-15)28-3/h4-12H,13H2,1-3H3,(H,24,26). The lowest BCUT2D eigenvalue weighted by Crippen LogP contribution is -2.24. The van der Waals surface area contributed by atoms with Crippen LogP contribution in [0.15, 0.2) is 59.1 Å². The number of aryl methyl sites for hydroxylation is 1. The van der Waals surface area contributed by atoms with Gasteiger partial charge in [0.05, 0.1) is 31.2 Å². The van der Waals surface area contributed by atoms with Gasteiger partial charge in [0.2, 0.25) is 0 Å². The van der Waals surface area contributed by atoms with Gasteiger partial charge in [0.1, 0.15) is 0 Å². The number of benzene rings is 2. The predicted octanol–water partition coefficient (Wildman–Crippen LogP) is 4.77. The molecule has 28 heavy (non-hydrogen) atoms. The fraction of sp³-hybridized carbons (Fsp3) is 0.182. The van der Waals surface area contributed by atoms with Crippen molar-refractivity contribution in [3.05, 3.63) is 75.9 Å². The Kier molecular flexibility index (Phi) is 6.31. The summed E-state index contributed by atoms with van der Waals surface area (Å²) in [5, 5.41) is 2.93. The van der Waals surface area contributed by atoms with Crippen LogP contribution >= 0.6 is 15.9 Å². The molecule has 3 aromatic rings. The van der Waals surface area contributed by atoms with Crippen molar-refractivity contribution >= 4 is 21.8 Å². The first-order valence-corrected chi connectivity index (χ1v) is 9.54. The van der Waals surface area contributed by atoms with E-state index in [2.05, 4.69) is 26.2 Å². The molecule has 0 aliphatic rings.